The minimum atomic E-state index is -1.24. The summed E-state index contributed by atoms with van der Waals surface area (Å²) in [6.45, 7) is -0.189. The highest BCUT2D eigenvalue weighted by Crippen LogP contribution is 2.21. The molecule has 0 radical (unpaired) electrons. The molecule has 0 bridgehead atoms. The van der Waals surface area contributed by atoms with Crippen molar-refractivity contribution >= 4 is 17.6 Å². The lowest BCUT2D eigenvalue weighted by atomic mass is 10.2. The quantitative estimate of drug-likeness (QED) is 0.782. The molecule has 0 spiro atoms. The predicted octanol–water partition coefficient (Wildman–Crippen LogP) is 2.11. The molecule has 0 saturated heterocycles. The van der Waals surface area contributed by atoms with Crippen molar-refractivity contribution in [1.29, 1.82) is 0 Å². The molecule has 1 amide bonds. The van der Waals surface area contributed by atoms with Crippen LogP contribution in [-0.2, 0) is 4.79 Å². The number of phenols is 1. The number of hydrogen-bond donors (Lipinski definition) is 3. The lowest BCUT2D eigenvalue weighted by Gasteiger charge is -2.08. The van der Waals surface area contributed by atoms with Gasteiger partial charge in [0.05, 0.1) is 0 Å². The zero-order valence-corrected chi connectivity index (χ0v) is 10.9. The second-order valence-electron chi connectivity index (χ2n) is 4.19. The predicted molar refractivity (Wildman–Crippen MR) is 75.6 cm³/mol. The Labute approximate surface area is 120 Å². The Morgan fingerprint density at radius 1 is 1.10 bits per heavy atom. The molecule has 2 rings (SSSR count). The highest BCUT2D eigenvalue weighted by atomic mass is 16.5. The van der Waals surface area contributed by atoms with Crippen molar-refractivity contribution < 1.29 is 24.5 Å². The molecule has 108 valence electrons. The van der Waals surface area contributed by atoms with Crippen molar-refractivity contribution in [3.63, 3.8) is 0 Å². The fourth-order valence-electron chi connectivity index (χ4n) is 1.65. The molecule has 0 atom stereocenters. The lowest BCUT2D eigenvalue weighted by Crippen LogP contribution is -2.20. The van der Waals surface area contributed by atoms with Crippen LogP contribution in [0.5, 0.6) is 11.5 Å². The summed E-state index contributed by atoms with van der Waals surface area (Å²) in [4.78, 5) is 22.4. The minimum Gasteiger partial charge on any atom is -0.507 e. The molecule has 0 unspecified atom stereocenters. The zero-order chi connectivity index (χ0) is 15.2. The van der Waals surface area contributed by atoms with Gasteiger partial charge in [0.1, 0.15) is 17.1 Å². The van der Waals surface area contributed by atoms with Gasteiger partial charge in [-0.15, -0.1) is 0 Å². The van der Waals surface area contributed by atoms with Crippen LogP contribution in [-0.4, -0.2) is 28.7 Å². The summed E-state index contributed by atoms with van der Waals surface area (Å²) in [5.74, 6) is -1.50. The first-order chi connectivity index (χ1) is 10.1. The molecule has 21 heavy (non-hydrogen) atoms. The molecule has 0 fully saturated rings. The average molecular weight is 287 g/mol. The van der Waals surface area contributed by atoms with Gasteiger partial charge >= 0.3 is 5.97 Å². The van der Waals surface area contributed by atoms with Crippen LogP contribution in [0.4, 0.5) is 5.69 Å². The van der Waals surface area contributed by atoms with E-state index in [9.17, 15) is 14.7 Å². The van der Waals surface area contributed by atoms with Gasteiger partial charge in [0.15, 0.2) is 6.61 Å². The molecular formula is C15H13NO5. The van der Waals surface area contributed by atoms with E-state index in [4.69, 9.17) is 9.84 Å². The summed E-state index contributed by atoms with van der Waals surface area (Å²) < 4.78 is 5.26. The van der Waals surface area contributed by atoms with Gasteiger partial charge in [0, 0.05) is 11.8 Å². The molecule has 0 aromatic heterocycles. The molecule has 3 N–H and O–H groups in total. The normalized spacial score (nSPS) is 9.90. The Morgan fingerprint density at radius 2 is 1.81 bits per heavy atom. The van der Waals surface area contributed by atoms with Gasteiger partial charge in [-0.05, 0) is 24.3 Å². The van der Waals surface area contributed by atoms with Crippen molar-refractivity contribution in [2.75, 3.05) is 11.9 Å². The fraction of sp³-hybridized carbons (Fsp3) is 0.0667. The van der Waals surface area contributed by atoms with Crippen LogP contribution in [0.3, 0.4) is 0 Å². The number of ether oxygens (including phenoxy) is 1. The molecule has 0 aliphatic rings. The second kappa shape index (κ2) is 6.42. The van der Waals surface area contributed by atoms with Gasteiger partial charge in [-0.2, -0.15) is 0 Å². The number of rotatable bonds is 5. The van der Waals surface area contributed by atoms with E-state index in [0.29, 0.717) is 11.4 Å². The van der Waals surface area contributed by atoms with Gasteiger partial charge in [-0.1, -0.05) is 18.2 Å². The van der Waals surface area contributed by atoms with Crippen molar-refractivity contribution in [3.8, 4) is 11.5 Å². The number of aromatic hydroxyl groups is 1. The largest absolute Gasteiger partial charge is 0.507 e. The molecule has 2 aromatic rings. The van der Waals surface area contributed by atoms with Crippen molar-refractivity contribution in [1.82, 2.24) is 0 Å². The van der Waals surface area contributed by atoms with Gasteiger partial charge < -0.3 is 20.3 Å². The number of carbonyl (C=O) groups excluding carboxylic acids is 1. The number of carboxylic acids is 1. The molecule has 0 aliphatic carbocycles. The van der Waals surface area contributed by atoms with Crippen molar-refractivity contribution in [3.05, 3.63) is 54.1 Å². The Kier molecular flexibility index (Phi) is 4.40. The SMILES string of the molecule is O=C(COc1ccccc1)Nc1ccc(C(=O)O)c(O)c1. The van der Waals surface area contributed by atoms with Crippen LogP contribution >= 0.6 is 0 Å². The number of para-hydroxylation sites is 1. The second-order valence-corrected chi connectivity index (χ2v) is 4.19. The summed E-state index contributed by atoms with van der Waals surface area (Å²) in [5.41, 5.74) is 0.0627. The van der Waals surface area contributed by atoms with Gasteiger partial charge in [0.2, 0.25) is 0 Å². The molecule has 6 nitrogen and oxygen atoms in total. The number of nitrogens with one attached hydrogen (secondary N) is 1. The molecular weight excluding hydrogens is 274 g/mol. The summed E-state index contributed by atoms with van der Waals surface area (Å²) in [6, 6.07) is 12.6. The maximum Gasteiger partial charge on any atom is 0.339 e. The average Bonchev–Trinajstić information content (AvgIpc) is 2.46. The Morgan fingerprint density at radius 3 is 2.43 bits per heavy atom. The van der Waals surface area contributed by atoms with Crippen LogP contribution in [0.2, 0.25) is 0 Å². The number of aromatic carboxylic acids is 1. The smallest absolute Gasteiger partial charge is 0.339 e. The van der Waals surface area contributed by atoms with E-state index in [1.807, 2.05) is 6.07 Å². The number of amides is 1. The van der Waals surface area contributed by atoms with Crippen LogP contribution < -0.4 is 10.1 Å². The number of anilines is 1. The van der Waals surface area contributed by atoms with Crippen LogP contribution in [0.25, 0.3) is 0 Å². The number of carboxylic acid groups (broad SMARTS) is 1. The molecule has 0 heterocycles. The monoisotopic (exact) mass is 287 g/mol. The zero-order valence-electron chi connectivity index (χ0n) is 10.9. The van der Waals surface area contributed by atoms with E-state index in [1.165, 1.54) is 18.2 Å². The topological polar surface area (TPSA) is 95.9 Å². The maximum atomic E-state index is 11.7. The highest BCUT2D eigenvalue weighted by Gasteiger charge is 2.11. The molecule has 0 saturated carbocycles. The summed E-state index contributed by atoms with van der Waals surface area (Å²) >= 11 is 0. The first-order valence-corrected chi connectivity index (χ1v) is 6.10. The van der Waals surface area contributed by atoms with Crippen molar-refractivity contribution in [2.45, 2.75) is 0 Å². The summed E-state index contributed by atoms with van der Waals surface area (Å²) in [6.07, 6.45) is 0. The summed E-state index contributed by atoms with van der Waals surface area (Å²) in [5, 5.41) is 20.8. The van der Waals surface area contributed by atoms with Crippen LogP contribution in [0, 0.1) is 0 Å². The third-order valence-corrected chi connectivity index (χ3v) is 2.63. The molecule has 6 heteroatoms. The minimum absolute atomic E-state index is 0.189. The highest BCUT2D eigenvalue weighted by molar-refractivity contribution is 5.95. The standard InChI is InChI=1S/C15H13NO5/c17-13-8-10(6-7-12(13)15(19)20)16-14(18)9-21-11-4-2-1-3-5-11/h1-8,17H,9H2,(H,16,18)(H,19,20). The van der Waals surface area contributed by atoms with Gasteiger partial charge in [-0.3, -0.25) is 4.79 Å². The third kappa shape index (κ3) is 3.97. The number of carbonyl (C=O) groups is 2. The third-order valence-electron chi connectivity index (χ3n) is 2.63. The van der Waals surface area contributed by atoms with E-state index in [-0.39, 0.29) is 12.2 Å². The molecule has 0 aliphatic heterocycles. The Balaban J connectivity index is 1.94. The van der Waals surface area contributed by atoms with E-state index in [1.54, 1.807) is 24.3 Å². The Bertz CT molecular complexity index is 654. The number of hydrogen-bond acceptors (Lipinski definition) is 4. The lowest BCUT2D eigenvalue weighted by molar-refractivity contribution is -0.118. The van der Waals surface area contributed by atoms with E-state index < -0.39 is 17.6 Å². The first kappa shape index (κ1) is 14.4. The van der Waals surface area contributed by atoms with Gasteiger partial charge in [-0.25, -0.2) is 4.79 Å². The van der Waals surface area contributed by atoms with E-state index >= 15 is 0 Å². The van der Waals surface area contributed by atoms with E-state index in [0.717, 1.165) is 0 Å². The maximum absolute atomic E-state index is 11.7. The van der Waals surface area contributed by atoms with Crippen LogP contribution in [0.15, 0.2) is 48.5 Å². The molecule has 2 aromatic carbocycles. The van der Waals surface area contributed by atoms with Crippen molar-refractivity contribution in [2.24, 2.45) is 0 Å². The fourth-order valence-corrected chi connectivity index (χ4v) is 1.65. The number of benzene rings is 2. The van der Waals surface area contributed by atoms with Crippen LogP contribution in [0.1, 0.15) is 10.4 Å². The van der Waals surface area contributed by atoms with E-state index in [2.05, 4.69) is 5.32 Å². The van der Waals surface area contributed by atoms with Gasteiger partial charge in [0.25, 0.3) is 5.91 Å². The first-order valence-electron chi connectivity index (χ1n) is 6.10. The Hall–Kier alpha value is -3.02. The summed E-state index contributed by atoms with van der Waals surface area (Å²) in [7, 11) is 0.